The number of hydrogen-bond acceptors (Lipinski definition) is 1. The minimum atomic E-state index is -0.228. The Morgan fingerprint density at radius 2 is 0.743 bits per heavy atom. The van der Waals surface area contributed by atoms with Crippen molar-refractivity contribution in [2.75, 3.05) is 7.11 Å². The van der Waals surface area contributed by atoms with Gasteiger partial charge in [0.1, 0.15) is 5.75 Å². The third kappa shape index (κ3) is 3.49. The van der Waals surface area contributed by atoms with Gasteiger partial charge in [0.15, 0.2) is 0 Å². The lowest BCUT2D eigenvalue weighted by Gasteiger charge is -2.31. The van der Waals surface area contributed by atoms with Crippen LogP contribution in [0.2, 0.25) is 0 Å². The highest BCUT2D eigenvalue weighted by Gasteiger charge is 2.35. The van der Waals surface area contributed by atoms with Crippen molar-refractivity contribution in [3.63, 3.8) is 0 Å². The molecule has 4 heteroatoms. The highest BCUT2D eigenvalue weighted by atomic mass is 16.5. The van der Waals surface area contributed by atoms with Gasteiger partial charge in [-0.3, -0.25) is 0 Å². The lowest BCUT2D eigenvalue weighted by atomic mass is 9.76. The van der Waals surface area contributed by atoms with Crippen LogP contribution < -0.4 is 4.74 Å². The third-order valence-corrected chi connectivity index (χ3v) is 8.68. The van der Waals surface area contributed by atoms with E-state index in [0.29, 0.717) is 0 Å². The number of rotatable bonds is 1. The topological polar surface area (TPSA) is 56.6 Å². The lowest BCUT2D eigenvalue weighted by molar-refractivity contribution is 0.411. The second kappa shape index (κ2) is 7.43. The van der Waals surface area contributed by atoms with Gasteiger partial charge in [-0.15, -0.1) is 0 Å². The van der Waals surface area contributed by atoms with Gasteiger partial charge in [-0.05, 0) is 87.4 Å². The maximum absolute atomic E-state index is 5.80. The summed E-state index contributed by atoms with van der Waals surface area (Å²) >= 11 is 0. The Bertz CT molecular complexity index is 1290. The molecule has 0 spiro atoms. The first kappa shape index (κ1) is 23.6. The molecule has 0 fully saturated rings. The van der Waals surface area contributed by atoms with Crippen molar-refractivity contribution < 1.29 is 4.74 Å². The first-order valence-electron chi connectivity index (χ1n) is 12.6. The van der Waals surface area contributed by atoms with Crippen molar-refractivity contribution in [3.8, 4) is 5.75 Å². The van der Waals surface area contributed by atoms with Crippen LogP contribution in [0.3, 0.4) is 0 Å². The quantitative estimate of drug-likeness (QED) is 0.269. The highest BCUT2D eigenvalue weighted by Crippen LogP contribution is 2.42. The molecule has 3 aromatic heterocycles. The van der Waals surface area contributed by atoms with Crippen molar-refractivity contribution >= 4 is 0 Å². The van der Waals surface area contributed by atoms with Crippen LogP contribution in [0.1, 0.15) is 101 Å². The molecule has 1 aliphatic rings. The minimum absolute atomic E-state index is 0.192. The van der Waals surface area contributed by atoms with Gasteiger partial charge in [-0.25, -0.2) is 0 Å². The Morgan fingerprint density at radius 3 is 1.03 bits per heavy atom. The van der Waals surface area contributed by atoms with E-state index in [2.05, 4.69) is 125 Å². The maximum atomic E-state index is 5.80. The van der Waals surface area contributed by atoms with Crippen LogP contribution in [0.25, 0.3) is 0 Å². The molecule has 0 saturated heterocycles. The van der Waals surface area contributed by atoms with Gasteiger partial charge in [0.25, 0.3) is 0 Å². The van der Waals surface area contributed by atoms with E-state index in [1.54, 1.807) is 7.11 Å². The molecule has 0 atom stereocenters. The fourth-order valence-electron chi connectivity index (χ4n) is 5.41. The molecule has 1 aromatic carbocycles. The molecule has 1 aliphatic heterocycles. The summed E-state index contributed by atoms with van der Waals surface area (Å²) in [6.45, 7) is 18.2. The fourth-order valence-corrected chi connectivity index (χ4v) is 5.41. The molecule has 8 bridgehead atoms. The first-order chi connectivity index (χ1) is 16.3. The highest BCUT2D eigenvalue weighted by molar-refractivity contribution is 5.49. The summed E-state index contributed by atoms with van der Waals surface area (Å²) in [5, 5.41) is 0. The Labute approximate surface area is 209 Å². The number of ether oxygens (including phenoxy) is 1. The molecular formula is C31H39N3O. The lowest BCUT2D eigenvalue weighted by Crippen LogP contribution is -2.26. The first-order valence-corrected chi connectivity index (χ1v) is 12.6. The van der Waals surface area contributed by atoms with E-state index in [1.807, 2.05) is 0 Å². The molecule has 4 heterocycles. The van der Waals surface area contributed by atoms with E-state index in [1.165, 1.54) is 45.3 Å². The number of benzene rings is 1. The van der Waals surface area contributed by atoms with Crippen molar-refractivity contribution in [2.24, 2.45) is 0 Å². The monoisotopic (exact) mass is 469 g/mol. The van der Waals surface area contributed by atoms with Gasteiger partial charge in [0.2, 0.25) is 0 Å². The SMILES string of the molecule is COc1cc2cc(c1)C(C)(C)c1ccc([nH]1)C(C)(C)c1ccc([nH]1)C(C)(C)c1ccc([nH]1)C2(C)C. The molecule has 5 rings (SSSR count). The zero-order valence-corrected chi connectivity index (χ0v) is 22.6. The van der Waals surface area contributed by atoms with Crippen molar-refractivity contribution in [2.45, 2.75) is 77.0 Å². The largest absolute Gasteiger partial charge is 0.497 e. The molecule has 0 unspecified atom stereocenters. The summed E-state index contributed by atoms with van der Waals surface area (Å²) in [6.07, 6.45) is 0. The van der Waals surface area contributed by atoms with Crippen LogP contribution in [0.15, 0.2) is 54.6 Å². The number of fused-ring (bicyclic) bond motifs is 8. The van der Waals surface area contributed by atoms with E-state index >= 15 is 0 Å². The van der Waals surface area contributed by atoms with Crippen LogP contribution in [0, 0.1) is 0 Å². The number of methoxy groups -OCH3 is 1. The van der Waals surface area contributed by atoms with Gasteiger partial charge in [-0.2, -0.15) is 0 Å². The average Bonchev–Trinajstić information content (AvgIpc) is 3.58. The molecule has 4 aromatic rings. The Kier molecular flexibility index (Phi) is 5.01. The summed E-state index contributed by atoms with van der Waals surface area (Å²) in [6, 6.07) is 20.1. The van der Waals surface area contributed by atoms with Gasteiger partial charge in [0, 0.05) is 55.8 Å². The molecule has 184 valence electrons. The number of hydrogen-bond donors (Lipinski definition) is 3. The molecule has 3 N–H and O–H groups in total. The van der Waals surface area contributed by atoms with Crippen molar-refractivity contribution in [1.82, 2.24) is 15.0 Å². The standard InChI is InChI=1S/C31H39N3O/c1-28(2)19-16-20(18-21(17-19)35-9)29(3,4)23-11-13-25(33-23)31(7,8)27-15-14-26(34-27)30(5,6)24-12-10-22(28)32-24/h10-18,32-34H,1-9H3. The second-order valence-electron chi connectivity index (χ2n) is 12.3. The molecule has 35 heavy (non-hydrogen) atoms. The zero-order valence-electron chi connectivity index (χ0n) is 22.6. The van der Waals surface area contributed by atoms with E-state index in [4.69, 9.17) is 4.74 Å². The molecule has 0 radical (unpaired) electrons. The van der Waals surface area contributed by atoms with E-state index in [0.717, 1.165) is 5.75 Å². The number of aromatic amines is 3. The van der Waals surface area contributed by atoms with Crippen molar-refractivity contribution in [1.29, 1.82) is 0 Å². The normalized spacial score (nSPS) is 19.3. The summed E-state index contributed by atoms with van der Waals surface area (Å²) < 4.78 is 5.80. The predicted octanol–water partition coefficient (Wildman–Crippen LogP) is 7.30. The molecule has 4 nitrogen and oxygen atoms in total. The van der Waals surface area contributed by atoms with Gasteiger partial charge >= 0.3 is 0 Å². The van der Waals surface area contributed by atoms with Crippen LogP contribution in [0.4, 0.5) is 0 Å². The average molecular weight is 470 g/mol. The smallest absolute Gasteiger partial charge is 0.119 e. The summed E-state index contributed by atoms with van der Waals surface area (Å²) in [5.74, 6) is 0.886. The number of H-pyrrole nitrogens is 3. The minimum Gasteiger partial charge on any atom is -0.497 e. The Hall–Kier alpha value is -3.14. The molecule has 0 saturated carbocycles. The Balaban J connectivity index is 1.81. The maximum Gasteiger partial charge on any atom is 0.119 e. The summed E-state index contributed by atoms with van der Waals surface area (Å²) in [5.41, 5.74) is 8.81. The Morgan fingerprint density at radius 1 is 0.457 bits per heavy atom. The summed E-state index contributed by atoms with van der Waals surface area (Å²) in [7, 11) is 1.75. The van der Waals surface area contributed by atoms with Crippen molar-refractivity contribution in [3.05, 3.63) is 99.9 Å². The van der Waals surface area contributed by atoms with Gasteiger partial charge in [-0.1, -0.05) is 33.8 Å². The van der Waals surface area contributed by atoms with Crippen LogP contribution in [-0.2, 0) is 21.7 Å². The van der Waals surface area contributed by atoms with Gasteiger partial charge in [0.05, 0.1) is 7.11 Å². The zero-order chi connectivity index (χ0) is 25.4. The van der Waals surface area contributed by atoms with E-state index in [9.17, 15) is 0 Å². The fraction of sp³-hybridized carbons (Fsp3) is 0.419. The molecule has 0 aliphatic carbocycles. The molecule has 0 amide bonds. The van der Waals surface area contributed by atoms with Crippen LogP contribution >= 0.6 is 0 Å². The number of nitrogens with one attached hydrogen (secondary N) is 3. The predicted molar refractivity (Wildman–Crippen MR) is 144 cm³/mol. The van der Waals surface area contributed by atoms with Crippen LogP contribution in [0.5, 0.6) is 5.75 Å². The molecular weight excluding hydrogens is 430 g/mol. The summed E-state index contributed by atoms with van der Waals surface area (Å²) in [4.78, 5) is 11.4. The van der Waals surface area contributed by atoms with E-state index < -0.39 is 0 Å². The van der Waals surface area contributed by atoms with Gasteiger partial charge < -0.3 is 19.7 Å². The van der Waals surface area contributed by atoms with Crippen LogP contribution in [-0.4, -0.2) is 22.1 Å². The van der Waals surface area contributed by atoms with E-state index in [-0.39, 0.29) is 21.7 Å². The third-order valence-electron chi connectivity index (χ3n) is 8.68. The second-order valence-corrected chi connectivity index (χ2v) is 12.3. The number of aromatic nitrogens is 3.